The Morgan fingerprint density at radius 3 is 3.10 bits per heavy atom. The molecule has 1 saturated carbocycles. The van der Waals surface area contributed by atoms with E-state index in [2.05, 4.69) is 27.8 Å². The molecule has 1 aromatic rings. The lowest BCUT2D eigenvalue weighted by molar-refractivity contribution is 0.0733. The molecule has 1 aromatic carbocycles. The van der Waals surface area contributed by atoms with Crippen LogP contribution in [-0.4, -0.2) is 11.3 Å². The molecular formula is C16H17BrN2O. The molecule has 1 heterocycles. The predicted molar refractivity (Wildman–Crippen MR) is 81.9 cm³/mol. The molecule has 0 N–H and O–H groups in total. The summed E-state index contributed by atoms with van der Waals surface area (Å²) in [6.07, 6.45) is 7.24. The minimum Gasteiger partial charge on any atom is -0.486 e. The van der Waals surface area contributed by atoms with Crippen LogP contribution in [0.15, 0.2) is 27.7 Å². The predicted octanol–water partition coefficient (Wildman–Crippen LogP) is 4.45. The van der Waals surface area contributed by atoms with E-state index >= 15 is 0 Å². The van der Waals surface area contributed by atoms with E-state index in [4.69, 9.17) is 10.00 Å². The first-order valence-electron chi connectivity index (χ1n) is 7.10. The van der Waals surface area contributed by atoms with E-state index < -0.39 is 0 Å². The molecule has 3 rings (SSSR count). The molecule has 4 heteroatoms. The van der Waals surface area contributed by atoms with Crippen LogP contribution in [0.2, 0.25) is 0 Å². The SMILES string of the molecule is CCC1CCC2(CC(=NC#N)c3cc(Br)ccc3O2)C1. The van der Waals surface area contributed by atoms with Gasteiger partial charge in [0.15, 0.2) is 0 Å². The van der Waals surface area contributed by atoms with E-state index in [1.165, 1.54) is 12.8 Å². The van der Waals surface area contributed by atoms with Gasteiger partial charge in [-0.15, -0.1) is 0 Å². The van der Waals surface area contributed by atoms with Crippen LogP contribution in [0.4, 0.5) is 0 Å². The summed E-state index contributed by atoms with van der Waals surface area (Å²) in [6, 6.07) is 5.95. The maximum atomic E-state index is 8.95. The average Bonchev–Trinajstić information content (AvgIpc) is 2.83. The third-order valence-electron chi connectivity index (χ3n) is 4.50. The Morgan fingerprint density at radius 1 is 1.55 bits per heavy atom. The van der Waals surface area contributed by atoms with E-state index in [1.807, 2.05) is 24.4 Å². The lowest BCUT2D eigenvalue weighted by Gasteiger charge is -2.36. The molecule has 2 unspecified atom stereocenters. The fourth-order valence-electron chi connectivity index (χ4n) is 3.45. The van der Waals surface area contributed by atoms with Crippen molar-refractivity contribution in [2.75, 3.05) is 0 Å². The van der Waals surface area contributed by atoms with Gasteiger partial charge < -0.3 is 4.74 Å². The quantitative estimate of drug-likeness (QED) is 0.713. The Hall–Kier alpha value is -1.34. The zero-order valence-corrected chi connectivity index (χ0v) is 13.1. The highest BCUT2D eigenvalue weighted by Crippen LogP contribution is 2.46. The first-order valence-corrected chi connectivity index (χ1v) is 7.90. The molecule has 0 amide bonds. The number of nitriles is 1. The van der Waals surface area contributed by atoms with Crippen LogP contribution in [-0.2, 0) is 0 Å². The maximum absolute atomic E-state index is 8.95. The molecule has 3 nitrogen and oxygen atoms in total. The van der Waals surface area contributed by atoms with Crippen LogP contribution < -0.4 is 4.74 Å². The summed E-state index contributed by atoms with van der Waals surface area (Å²) in [5, 5.41) is 8.95. The molecule has 2 aliphatic rings. The van der Waals surface area contributed by atoms with Crippen molar-refractivity contribution in [3.8, 4) is 11.9 Å². The second-order valence-corrected chi connectivity index (χ2v) is 6.69. The summed E-state index contributed by atoms with van der Waals surface area (Å²) in [6.45, 7) is 2.24. The Labute approximate surface area is 127 Å². The third kappa shape index (κ3) is 2.35. The normalized spacial score (nSPS) is 30.1. The molecule has 1 spiro atoms. The van der Waals surface area contributed by atoms with Gasteiger partial charge in [0.05, 0.1) is 5.71 Å². The molecule has 1 fully saturated rings. The number of ether oxygens (including phenoxy) is 1. The molecule has 2 atom stereocenters. The van der Waals surface area contributed by atoms with E-state index in [1.54, 1.807) is 0 Å². The summed E-state index contributed by atoms with van der Waals surface area (Å²) in [4.78, 5) is 4.06. The average molecular weight is 333 g/mol. The molecule has 0 radical (unpaired) electrons. The van der Waals surface area contributed by atoms with Gasteiger partial charge in [0, 0.05) is 16.5 Å². The lowest BCUT2D eigenvalue weighted by atomic mass is 9.87. The van der Waals surface area contributed by atoms with E-state index in [0.717, 1.165) is 46.7 Å². The van der Waals surface area contributed by atoms with Crippen LogP contribution in [0, 0.1) is 17.4 Å². The van der Waals surface area contributed by atoms with Gasteiger partial charge in [-0.25, -0.2) is 0 Å². The topological polar surface area (TPSA) is 45.4 Å². The Balaban J connectivity index is 2.00. The minimum atomic E-state index is -0.142. The third-order valence-corrected chi connectivity index (χ3v) is 4.99. The number of rotatable bonds is 1. The second kappa shape index (κ2) is 5.21. The molecule has 0 saturated heterocycles. The van der Waals surface area contributed by atoms with Crippen molar-refractivity contribution in [2.45, 2.75) is 44.6 Å². The zero-order valence-electron chi connectivity index (χ0n) is 11.5. The van der Waals surface area contributed by atoms with E-state index in [9.17, 15) is 0 Å². The van der Waals surface area contributed by atoms with Crippen LogP contribution in [0.25, 0.3) is 0 Å². The summed E-state index contributed by atoms with van der Waals surface area (Å²) in [5.74, 6) is 1.60. The fourth-order valence-corrected chi connectivity index (χ4v) is 3.81. The first kappa shape index (κ1) is 13.6. The van der Waals surface area contributed by atoms with Gasteiger partial charge in [0.1, 0.15) is 11.4 Å². The monoisotopic (exact) mass is 332 g/mol. The molecule has 1 aliphatic heterocycles. The highest BCUT2D eigenvalue weighted by atomic mass is 79.9. The van der Waals surface area contributed by atoms with Gasteiger partial charge in [-0.2, -0.15) is 10.3 Å². The van der Waals surface area contributed by atoms with Crippen LogP contribution in [0.5, 0.6) is 5.75 Å². The molecule has 104 valence electrons. The van der Waals surface area contributed by atoms with Crippen molar-refractivity contribution in [2.24, 2.45) is 10.9 Å². The summed E-state index contributed by atoms with van der Waals surface area (Å²) in [7, 11) is 0. The lowest BCUT2D eigenvalue weighted by Crippen LogP contribution is -2.40. The summed E-state index contributed by atoms with van der Waals surface area (Å²) < 4.78 is 7.32. The van der Waals surface area contributed by atoms with E-state index in [0.29, 0.717) is 0 Å². The van der Waals surface area contributed by atoms with Crippen LogP contribution in [0.1, 0.15) is 44.6 Å². The maximum Gasteiger partial charge on any atom is 0.205 e. The van der Waals surface area contributed by atoms with Crippen molar-refractivity contribution < 1.29 is 4.74 Å². The van der Waals surface area contributed by atoms with Crippen molar-refractivity contribution in [1.29, 1.82) is 5.26 Å². The highest BCUT2D eigenvalue weighted by Gasteiger charge is 2.45. The molecule has 0 aromatic heterocycles. The Morgan fingerprint density at radius 2 is 2.40 bits per heavy atom. The summed E-state index contributed by atoms with van der Waals surface area (Å²) >= 11 is 3.47. The van der Waals surface area contributed by atoms with Gasteiger partial charge in [0.25, 0.3) is 0 Å². The van der Waals surface area contributed by atoms with Gasteiger partial charge >= 0.3 is 0 Å². The van der Waals surface area contributed by atoms with Gasteiger partial charge in [-0.3, -0.25) is 0 Å². The van der Waals surface area contributed by atoms with Crippen molar-refractivity contribution in [1.82, 2.24) is 0 Å². The Bertz CT molecular complexity index is 605. The Kier molecular flexibility index (Phi) is 3.55. The molecule has 20 heavy (non-hydrogen) atoms. The number of nitrogens with zero attached hydrogens (tertiary/aromatic N) is 2. The molecule has 1 aliphatic carbocycles. The largest absolute Gasteiger partial charge is 0.486 e. The molecular weight excluding hydrogens is 316 g/mol. The van der Waals surface area contributed by atoms with Crippen molar-refractivity contribution in [3.05, 3.63) is 28.2 Å². The van der Waals surface area contributed by atoms with Gasteiger partial charge in [-0.1, -0.05) is 29.3 Å². The minimum absolute atomic E-state index is 0.142. The standard InChI is InChI=1S/C16H17BrN2O/c1-2-11-5-6-16(8-11)9-14(19-10-18)13-7-12(17)3-4-15(13)20-16/h3-4,7,11H,2,5-6,8-9H2,1H3. The second-order valence-electron chi connectivity index (χ2n) is 5.78. The number of hydrogen-bond acceptors (Lipinski definition) is 3. The van der Waals surface area contributed by atoms with E-state index in [-0.39, 0.29) is 5.60 Å². The zero-order chi connectivity index (χ0) is 14.2. The highest BCUT2D eigenvalue weighted by molar-refractivity contribution is 9.10. The van der Waals surface area contributed by atoms with Crippen LogP contribution in [0.3, 0.4) is 0 Å². The van der Waals surface area contributed by atoms with Crippen molar-refractivity contribution in [3.63, 3.8) is 0 Å². The molecule has 0 bridgehead atoms. The van der Waals surface area contributed by atoms with Crippen molar-refractivity contribution >= 4 is 21.6 Å². The number of aliphatic imine (C=N–C) groups is 1. The summed E-state index contributed by atoms with van der Waals surface area (Å²) in [5.41, 5.74) is 1.68. The number of benzene rings is 1. The fraction of sp³-hybridized carbons (Fsp3) is 0.500. The van der Waals surface area contributed by atoms with Gasteiger partial charge in [-0.05, 0) is 43.4 Å². The number of halogens is 1. The van der Waals surface area contributed by atoms with Crippen LogP contribution >= 0.6 is 15.9 Å². The smallest absolute Gasteiger partial charge is 0.205 e. The van der Waals surface area contributed by atoms with Gasteiger partial charge in [0.2, 0.25) is 6.19 Å². The first-order chi connectivity index (χ1) is 9.65. The number of fused-ring (bicyclic) bond motifs is 1. The number of hydrogen-bond donors (Lipinski definition) is 0.